The van der Waals surface area contributed by atoms with Crippen LogP contribution in [-0.2, 0) is 14.8 Å². The number of rotatable bonds is 9. The molecule has 9 heteroatoms. The summed E-state index contributed by atoms with van der Waals surface area (Å²) in [7, 11) is -2.55. The Hall–Kier alpha value is -2.13. The second kappa shape index (κ2) is 8.82. The van der Waals surface area contributed by atoms with Crippen molar-refractivity contribution in [2.24, 2.45) is 0 Å². The lowest BCUT2D eigenvalue weighted by Gasteiger charge is -2.21. The van der Waals surface area contributed by atoms with Crippen LogP contribution in [-0.4, -0.2) is 56.5 Å². The first-order chi connectivity index (χ1) is 11.6. The number of nitrogens with zero attached hydrogens (tertiary/aromatic N) is 1. The summed E-state index contributed by atoms with van der Waals surface area (Å²) in [6.07, 6.45) is 0.579. The van der Waals surface area contributed by atoms with E-state index in [4.69, 9.17) is 9.84 Å². The topological polar surface area (TPSA) is 113 Å². The molecule has 2 N–H and O–H groups in total. The lowest BCUT2D eigenvalue weighted by Crippen LogP contribution is -2.36. The maximum absolute atomic E-state index is 12.6. The second-order valence-electron chi connectivity index (χ2n) is 5.76. The van der Waals surface area contributed by atoms with Gasteiger partial charge in [0.1, 0.15) is 17.2 Å². The van der Waals surface area contributed by atoms with Crippen molar-refractivity contribution in [1.29, 1.82) is 0 Å². The lowest BCUT2D eigenvalue weighted by atomic mass is 10.2. The van der Waals surface area contributed by atoms with Crippen LogP contribution in [0.15, 0.2) is 23.1 Å². The van der Waals surface area contributed by atoms with Gasteiger partial charge in [0.25, 0.3) is 5.91 Å². The number of methoxy groups -OCH3 is 1. The molecule has 1 rings (SSSR count). The number of carbonyl (C=O) groups is 2. The zero-order valence-electron chi connectivity index (χ0n) is 14.8. The molecule has 0 radical (unpaired) electrons. The molecule has 0 aliphatic carbocycles. The van der Waals surface area contributed by atoms with Gasteiger partial charge >= 0.3 is 5.97 Å². The third-order valence-corrected chi connectivity index (χ3v) is 4.88. The first-order valence-corrected chi connectivity index (χ1v) is 9.32. The van der Waals surface area contributed by atoms with E-state index in [0.29, 0.717) is 6.42 Å². The van der Waals surface area contributed by atoms with Gasteiger partial charge in [0.05, 0.1) is 7.11 Å². The van der Waals surface area contributed by atoms with Crippen molar-refractivity contribution in [3.05, 3.63) is 23.8 Å². The van der Waals surface area contributed by atoms with Crippen LogP contribution in [0.1, 0.15) is 37.6 Å². The fraction of sp³-hybridized carbons (Fsp3) is 0.500. The predicted molar refractivity (Wildman–Crippen MR) is 92.3 cm³/mol. The van der Waals surface area contributed by atoms with Crippen LogP contribution in [0.2, 0.25) is 0 Å². The summed E-state index contributed by atoms with van der Waals surface area (Å²) in [5, 5.41) is 8.95. The van der Waals surface area contributed by atoms with Crippen molar-refractivity contribution in [2.75, 3.05) is 20.2 Å². The fourth-order valence-corrected chi connectivity index (χ4v) is 3.71. The van der Waals surface area contributed by atoms with Gasteiger partial charge in [-0.15, -0.1) is 0 Å². The Kier molecular flexibility index (Phi) is 7.38. The number of hydrogen-bond acceptors (Lipinski definition) is 5. The number of aliphatic carboxylic acids is 1. The Balaban J connectivity index is 3.32. The summed E-state index contributed by atoms with van der Waals surface area (Å²) in [4.78, 5) is 24.5. The van der Waals surface area contributed by atoms with Crippen LogP contribution in [0, 0.1) is 0 Å². The number of nitrogens with one attached hydrogen (secondary N) is 1. The highest BCUT2D eigenvalue weighted by Crippen LogP contribution is 2.25. The van der Waals surface area contributed by atoms with Gasteiger partial charge in [-0.25, -0.2) is 13.1 Å². The number of ether oxygens (including phenoxy) is 1. The van der Waals surface area contributed by atoms with E-state index in [1.165, 1.54) is 25.3 Å². The molecular formula is C16H24N2O6S. The minimum Gasteiger partial charge on any atom is -0.495 e. The van der Waals surface area contributed by atoms with Crippen molar-refractivity contribution >= 4 is 21.9 Å². The van der Waals surface area contributed by atoms with Crippen LogP contribution < -0.4 is 9.46 Å². The minimum absolute atomic E-state index is 0.0830. The van der Waals surface area contributed by atoms with Crippen molar-refractivity contribution < 1.29 is 27.9 Å². The number of carbonyl (C=O) groups excluding carboxylic acids is 1. The molecule has 8 nitrogen and oxygen atoms in total. The van der Waals surface area contributed by atoms with Crippen LogP contribution in [0.4, 0.5) is 0 Å². The Morgan fingerprint density at radius 3 is 2.44 bits per heavy atom. The Morgan fingerprint density at radius 1 is 1.32 bits per heavy atom. The molecule has 1 amide bonds. The largest absolute Gasteiger partial charge is 0.495 e. The van der Waals surface area contributed by atoms with Crippen LogP contribution in [0.5, 0.6) is 5.75 Å². The van der Waals surface area contributed by atoms with Gasteiger partial charge in [-0.2, -0.15) is 0 Å². The molecule has 1 aromatic rings. The average molecular weight is 372 g/mol. The van der Waals surface area contributed by atoms with E-state index in [2.05, 4.69) is 4.72 Å². The molecule has 0 spiro atoms. The molecule has 25 heavy (non-hydrogen) atoms. The molecule has 0 saturated carbocycles. The maximum Gasteiger partial charge on any atom is 0.323 e. The number of benzene rings is 1. The Morgan fingerprint density at radius 2 is 1.96 bits per heavy atom. The second-order valence-corrected chi connectivity index (χ2v) is 7.44. The molecule has 140 valence electrons. The SMILES string of the molecule is CCCN(CC(=O)O)C(=O)c1ccc(OC)c(S(=O)(=O)NC(C)C)c1. The highest BCUT2D eigenvalue weighted by molar-refractivity contribution is 7.89. The van der Waals surface area contributed by atoms with Crippen molar-refractivity contribution in [3.63, 3.8) is 0 Å². The van der Waals surface area contributed by atoms with E-state index in [-0.39, 0.29) is 28.8 Å². The smallest absolute Gasteiger partial charge is 0.323 e. The van der Waals surface area contributed by atoms with Crippen molar-refractivity contribution in [2.45, 2.75) is 38.1 Å². The van der Waals surface area contributed by atoms with Crippen LogP contribution in [0.3, 0.4) is 0 Å². The van der Waals surface area contributed by atoms with Gasteiger partial charge in [0.15, 0.2) is 0 Å². The third kappa shape index (κ3) is 5.71. The third-order valence-electron chi connectivity index (χ3n) is 3.20. The van der Waals surface area contributed by atoms with Crippen LogP contribution >= 0.6 is 0 Å². The zero-order chi connectivity index (χ0) is 19.2. The number of carboxylic acid groups (broad SMARTS) is 1. The van der Waals surface area contributed by atoms with Gasteiger partial charge in [-0.1, -0.05) is 6.92 Å². The summed E-state index contributed by atoms with van der Waals surface area (Å²) in [6.45, 7) is 4.97. The molecule has 0 bridgehead atoms. The van der Waals surface area contributed by atoms with Gasteiger partial charge in [-0.3, -0.25) is 9.59 Å². The zero-order valence-corrected chi connectivity index (χ0v) is 15.6. The summed E-state index contributed by atoms with van der Waals surface area (Å²) >= 11 is 0. The molecule has 0 atom stereocenters. The molecule has 0 aliphatic heterocycles. The molecule has 0 saturated heterocycles. The standard InChI is InChI=1S/C16H24N2O6S/c1-5-8-18(10-15(19)20)16(21)12-6-7-13(24-4)14(9-12)25(22,23)17-11(2)3/h6-7,9,11,17H,5,8,10H2,1-4H3,(H,19,20). The van der Waals surface area contributed by atoms with Gasteiger partial charge < -0.3 is 14.7 Å². The lowest BCUT2D eigenvalue weighted by molar-refractivity contribution is -0.137. The van der Waals surface area contributed by atoms with Gasteiger partial charge in [0.2, 0.25) is 10.0 Å². The highest BCUT2D eigenvalue weighted by atomic mass is 32.2. The van der Waals surface area contributed by atoms with E-state index in [0.717, 1.165) is 4.90 Å². The molecular weight excluding hydrogens is 348 g/mol. The van der Waals surface area contributed by atoms with Gasteiger partial charge in [0, 0.05) is 18.2 Å². The Labute approximate surface area is 147 Å². The van der Waals surface area contributed by atoms with Crippen LogP contribution in [0.25, 0.3) is 0 Å². The number of carboxylic acids is 1. The Bertz CT molecular complexity index is 730. The normalized spacial score (nSPS) is 11.4. The first-order valence-electron chi connectivity index (χ1n) is 7.83. The molecule has 0 unspecified atom stereocenters. The predicted octanol–water partition coefficient (Wildman–Crippen LogP) is 1.32. The summed E-state index contributed by atoms with van der Waals surface area (Å²) in [6, 6.07) is 3.67. The van der Waals surface area contributed by atoms with E-state index in [9.17, 15) is 18.0 Å². The maximum atomic E-state index is 12.6. The summed E-state index contributed by atoms with van der Waals surface area (Å²) in [5.74, 6) is -1.58. The van der Waals surface area contributed by atoms with E-state index >= 15 is 0 Å². The number of hydrogen-bond donors (Lipinski definition) is 2. The fourth-order valence-electron chi connectivity index (χ4n) is 2.26. The van der Waals surface area contributed by atoms with E-state index < -0.39 is 28.4 Å². The van der Waals surface area contributed by atoms with E-state index in [1.807, 2.05) is 6.92 Å². The molecule has 0 fully saturated rings. The van der Waals surface area contributed by atoms with Gasteiger partial charge in [-0.05, 0) is 38.5 Å². The summed E-state index contributed by atoms with van der Waals surface area (Å²) in [5.41, 5.74) is 0.0830. The first kappa shape index (κ1) is 20.9. The minimum atomic E-state index is -3.88. The quantitative estimate of drug-likeness (QED) is 0.676. The van der Waals surface area contributed by atoms with Crippen molar-refractivity contribution in [1.82, 2.24) is 9.62 Å². The number of amides is 1. The molecule has 0 aromatic heterocycles. The van der Waals surface area contributed by atoms with E-state index in [1.54, 1.807) is 13.8 Å². The molecule has 1 aromatic carbocycles. The molecule has 0 heterocycles. The monoisotopic (exact) mass is 372 g/mol. The molecule has 0 aliphatic rings. The average Bonchev–Trinajstić information content (AvgIpc) is 2.51. The highest BCUT2D eigenvalue weighted by Gasteiger charge is 2.24. The summed E-state index contributed by atoms with van der Waals surface area (Å²) < 4.78 is 32.4. The number of sulfonamides is 1. The van der Waals surface area contributed by atoms with Crippen molar-refractivity contribution in [3.8, 4) is 5.75 Å².